The van der Waals surface area contributed by atoms with Crippen LogP contribution >= 0.6 is 0 Å². The second kappa shape index (κ2) is 3.36. The van der Waals surface area contributed by atoms with Gasteiger partial charge in [0.05, 0.1) is 17.3 Å². The van der Waals surface area contributed by atoms with E-state index >= 15 is 0 Å². The first-order valence-electron chi connectivity index (χ1n) is 6.07. The van der Waals surface area contributed by atoms with Gasteiger partial charge in [-0.05, 0) is 38.5 Å². The fraction of sp³-hybridized carbons (Fsp3) is 0.357. The Morgan fingerprint density at radius 1 is 1.29 bits per heavy atom. The number of nitrogens with one attached hydrogen (secondary N) is 1. The molecule has 0 unspecified atom stereocenters. The number of aromatic amines is 1. The summed E-state index contributed by atoms with van der Waals surface area (Å²) in [5.41, 5.74) is 2.45. The molecule has 0 aliphatic heterocycles. The van der Waals surface area contributed by atoms with Crippen LogP contribution in [0.2, 0.25) is 0 Å². The maximum Gasteiger partial charge on any atom is 0.0696 e. The van der Waals surface area contributed by atoms with Gasteiger partial charge < -0.3 is 4.98 Å². The lowest BCUT2D eigenvalue weighted by Gasteiger charge is -2.24. The van der Waals surface area contributed by atoms with Crippen LogP contribution in [0.3, 0.4) is 0 Å². The van der Waals surface area contributed by atoms with Crippen LogP contribution in [0, 0.1) is 0 Å². The molecule has 0 bridgehead atoms. The predicted molar refractivity (Wildman–Crippen MR) is 71.2 cm³/mol. The van der Waals surface area contributed by atoms with Gasteiger partial charge >= 0.3 is 0 Å². The van der Waals surface area contributed by atoms with Gasteiger partial charge in [0.15, 0.2) is 0 Å². The largest absolute Gasteiger partial charge is 0.361 e. The summed E-state index contributed by atoms with van der Waals surface area (Å²) >= 11 is 0. The highest BCUT2D eigenvalue weighted by Crippen LogP contribution is 2.27. The highest BCUT2D eigenvalue weighted by molar-refractivity contribution is 5.95. The molecule has 1 aromatic carbocycles. The van der Waals surface area contributed by atoms with Crippen molar-refractivity contribution in [2.75, 3.05) is 0 Å². The van der Waals surface area contributed by atoms with Gasteiger partial charge in [-0.1, -0.05) is 6.92 Å². The zero-order chi connectivity index (χ0) is 12.0. The van der Waals surface area contributed by atoms with Gasteiger partial charge in [-0.15, -0.1) is 0 Å². The number of hydrogen-bond acceptors (Lipinski definition) is 1. The van der Waals surface area contributed by atoms with E-state index in [-0.39, 0.29) is 5.54 Å². The van der Waals surface area contributed by atoms with E-state index in [0.717, 1.165) is 6.42 Å². The van der Waals surface area contributed by atoms with Gasteiger partial charge in [0.25, 0.3) is 0 Å². The second-order valence-corrected chi connectivity index (χ2v) is 5.20. The summed E-state index contributed by atoms with van der Waals surface area (Å²) in [4.78, 5) is 3.24. The van der Waals surface area contributed by atoms with Crippen LogP contribution in [0.1, 0.15) is 27.2 Å². The summed E-state index contributed by atoms with van der Waals surface area (Å²) in [6, 6.07) is 6.48. The molecule has 0 radical (unpaired) electrons. The Morgan fingerprint density at radius 2 is 2.12 bits per heavy atom. The van der Waals surface area contributed by atoms with Crippen molar-refractivity contribution >= 4 is 21.8 Å². The Labute approximate surface area is 100 Å². The molecule has 88 valence electrons. The van der Waals surface area contributed by atoms with E-state index in [2.05, 4.69) is 53.7 Å². The van der Waals surface area contributed by atoms with Crippen molar-refractivity contribution in [1.29, 1.82) is 0 Å². The minimum absolute atomic E-state index is 0.0612. The van der Waals surface area contributed by atoms with Crippen molar-refractivity contribution in [3.05, 3.63) is 30.6 Å². The number of hydrogen-bond donors (Lipinski definition) is 1. The Bertz CT molecular complexity index is 673. The van der Waals surface area contributed by atoms with Gasteiger partial charge in [0.1, 0.15) is 0 Å². The highest BCUT2D eigenvalue weighted by atomic mass is 15.3. The van der Waals surface area contributed by atoms with E-state index in [1.54, 1.807) is 0 Å². The van der Waals surface area contributed by atoms with E-state index in [9.17, 15) is 0 Å². The first-order valence-corrected chi connectivity index (χ1v) is 6.07. The van der Waals surface area contributed by atoms with E-state index < -0.39 is 0 Å². The molecule has 0 atom stereocenters. The third-order valence-corrected chi connectivity index (χ3v) is 3.68. The molecule has 2 heterocycles. The molecule has 3 aromatic rings. The molecule has 0 saturated heterocycles. The number of H-pyrrole nitrogens is 1. The molecule has 3 heteroatoms. The van der Waals surface area contributed by atoms with Crippen LogP contribution < -0.4 is 0 Å². The molecule has 17 heavy (non-hydrogen) atoms. The van der Waals surface area contributed by atoms with Crippen molar-refractivity contribution < 1.29 is 0 Å². The summed E-state index contributed by atoms with van der Waals surface area (Å²) in [6.45, 7) is 6.64. The van der Waals surface area contributed by atoms with Gasteiger partial charge in [-0.3, -0.25) is 4.68 Å². The average molecular weight is 227 g/mol. The Morgan fingerprint density at radius 3 is 2.88 bits per heavy atom. The SMILES string of the molecule is CCC(C)(C)n1ncc2cc3[nH]ccc3cc21. The fourth-order valence-corrected chi connectivity index (χ4v) is 2.21. The average Bonchev–Trinajstić information content (AvgIpc) is 2.90. The highest BCUT2D eigenvalue weighted by Gasteiger charge is 2.20. The number of rotatable bonds is 2. The summed E-state index contributed by atoms with van der Waals surface area (Å²) in [7, 11) is 0. The maximum atomic E-state index is 4.54. The fourth-order valence-electron chi connectivity index (χ4n) is 2.21. The minimum Gasteiger partial charge on any atom is -0.361 e. The van der Waals surface area contributed by atoms with Gasteiger partial charge in [-0.2, -0.15) is 5.10 Å². The molecule has 0 saturated carbocycles. The van der Waals surface area contributed by atoms with Crippen LogP contribution in [0.4, 0.5) is 0 Å². The number of fused-ring (bicyclic) bond motifs is 2. The summed E-state index contributed by atoms with van der Waals surface area (Å²) < 4.78 is 2.13. The van der Waals surface area contributed by atoms with Crippen molar-refractivity contribution in [2.45, 2.75) is 32.7 Å². The van der Waals surface area contributed by atoms with Gasteiger partial charge in [0, 0.05) is 22.5 Å². The molecule has 0 aliphatic rings. The zero-order valence-electron chi connectivity index (χ0n) is 10.5. The van der Waals surface area contributed by atoms with Crippen LogP contribution in [0.15, 0.2) is 30.6 Å². The van der Waals surface area contributed by atoms with Crippen LogP contribution in [-0.4, -0.2) is 14.8 Å². The lowest BCUT2D eigenvalue weighted by atomic mass is 10.0. The normalized spacial score (nSPS) is 12.6. The molecule has 0 amide bonds. The lowest BCUT2D eigenvalue weighted by Crippen LogP contribution is -2.26. The first kappa shape index (κ1) is 10.4. The minimum atomic E-state index is 0.0612. The van der Waals surface area contributed by atoms with Gasteiger partial charge in [-0.25, -0.2) is 0 Å². The third kappa shape index (κ3) is 1.46. The summed E-state index contributed by atoms with van der Waals surface area (Å²) in [5.74, 6) is 0. The third-order valence-electron chi connectivity index (χ3n) is 3.68. The quantitative estimate of drug-likeness (QED) is 0.712. The first-order chi connectivity index (χ1) is 8.12. The standard InChI is InChI=1S/C14H17N3/c1-4-14(2,3)17-13-8-10-5-6-15-12(10)7-11(13)9-16-17/h5-9,15H,4H2,1-3H3. The predicted octanol–water partition coefficient (Wildman–Crippen LogP) is 3.66. The van der Waals surface area contributed by atoms with Crippen molar-refractivity contribution in [3.63, 3.8) is 0 Å². The smallest absolute Gasteiger partial charge is 0.0696 e. The molecule has 0 spiro atoms. The number of benzene rings is 1. The summed E-state index contributed by atoms with van der Waals surface area (Å²) in [6.07, 6.45) is 4.99. The van der Waals surface area contributed by atoms with E-state index in [1.165, 1.54) is 21.8 Å². The van der Waals surface area contributed by atoms with Crippen LogP contribution in [0.25, 0.3) is 21.8 Å². The van der Waals surface area contributed by atoms with E-state index in [0.29, 0.717) is 0 Å². The van der Waals surface area contributed by atoms with Crippen LogP contribution in [-0.2, 0) is 5.54 Å². The molecule has 1 N–H and O–H groups in total. The lowest BCUT2D eigenvalue weighted by molar-refractivity contribution is 0.319. The second-order valence-electron chi connectivity index (χ2n) is 5.20. The van der Waals surface area contributed by atoms with E-state index in [1.807, 2.05) is 12.4 Å². The maximum absolute atomic E-state index is 4.54. The van der Waals surface area contributed by atoms with Crippen molar-refractivity contribution in [1.82, 2.24) is 14.8 Å². The Balaban J connectivity index is 2.33. The Kier molecular flexibility index (Phi) is 2.05. The van der Waals surface area contributed by atoms with Crippen molar-refractivity contribution in [2.24, 2.45) is 0 Å². The zero-order valence-corrected chi connectivity index (χ0v) is 10.5. The molecule has 3 rings (SSSR count). The molecule has 0 aliphatic carbocycles. The number of nitrogens with zero attached hydrogens (tertiary/aromatic N) is 2. The monoisotopic (exact) mass is 227 g/mol. The molecule has 3 nitrogen and oxygen atoms in total. The molecule has 0 fully saturated rings. The Hall–Kier alpha value is -1.77. The summed E-state index contributed by atoms with van der Waals surface area (Å²) in [5, 5.41) is 6.98. The van der Waals surface area contributed by atoms with Gasteiger partial charge in [0.2, 0.25) is 0 Å². The number of aromatic nitrogens is 3. The molecule has 2 aromatic heterocycles. The van der Waals surface area contributed by atoms with E-state index in [4.69, 9.17) is 0 Å². The van der Waals surface area contributed by atoms with Crippen LogP contribution in [0.5, 0.6) is 0 Å². The topological polar surface area (TPSA) is 33.6 Å². The molecular weight excluding hydrogens is 210 g/mol. The van der Waals surface area contributed by atoms with Crippen molar-refractivity contribution in [3.8, 4) is 0 Å². The molecular formula is C14H17N3.